The lowest BCUT2D eigenvalue weighted by molar-refractivity contribution is 0.152. The van der Waals surface area contributed by atoms with Crippen molar-refractivity contribution < 1.29 is 4.74 Å². The molecule has 2 aromatic carbocycles. The minimum absolute atomic E-state index is 0.0945. The normalized spacial score (nSPS) is 22.9. The summed E-state index contributed by atoms with van der Waals surface area (Å²) in [7, 11) is 0. The predicted octanol–water partition coefficient (Wildman–Crippen LogP) is 4.28. The first-order chi connectivity index (χ1) is 16.2. The van der Waals surface area contributed by atoms with Gasteiger partial charge in [-0.25, -0.2) is 5.43 Å². The minimum Gasteiger partial charge on any atom is -0.494 e. The third-order valence-corrected chi connectivity index (χ3v) is 7.22. The standard InChI is InChI=1S/C25H28N6OS/c1-2-3-13-32-21-9-7-20(8-10-21)22-15-23-24-27-28-25(30(24)11-12-31(23)29-22)33-17-19-6-4-5-18(14-19)16-26/h4-12,14,22-24,27,29H,2-3,13,15,17H2,1H3. The minimum atomic E-state index is 0.0945. The van der Waals surface area contributed by atoms with Gasteiger partial charge < -0.3 is 14.6 Å². The van der Waals surface area contributed by atoms with Crippen molar-refractivity contribution in [2.45, 2.75) is 50.2 Å². The van der Waals surface area contributed by atoms with Crippen LogP contribution < -0.4 is 15.6 Å². The van der Waals surface area contributed by atoms with E-state index in [-0.39, 0.29) is 18.2 Å². The average Bonchev–Trinajstić information content (AvgIpc) is 3.47. The second-order valence-electron chi connectivity index (χ2n) is 8.44. The summed E-state index contributed by atoms with van der Waals surface area (Å²) in [6.07, 6.45) is 7.47. The SMILES string of the molecule is CCCCOc1ccc(C2CC3C4NN=C(SCc5cccc(C#N)c5)N4C=CN3N2)cc1. The molecule has 33 heavy (non-hydrogen) atoms. The van der Waals surface area contributed by atoms with E-state index in [0.717, 1.165) is 48.1 Å². The Morgan fingerprint density at radius 3 is 2.91 bits per heavy atom. The first kappa shape index (κ1) is 21.7. The largest absolute Gasteiger partial charge is 0.494 e. The summed E-state index contributed by atoms with van der Waals surface area (Å²) in [5.74, 6) is 1.71. The molecule has 3 unspecified atom stereocenters. The summed E-state index contributed by atoms with van der Waals surface area (Å²) in [5, 5.41) is 16.9. The number of thioether (sulfide) groups is 1. The van der Waals surface area contributed by atoms with Crippen molar-refractivity contribution in [1.29, 1.82) is 5.26 Å². The predicted molar refractivity (Wildman–Crippen MR) is 131 cm³/mol. The van der Waals surface area contributed by atoms with Crippen LogP contribution >= 0.6 is 11.8 Å². The summed E-state index contributed by atoms with van der Waals surface area (Å²) < 4.78 is 5.80. The molecule has 7 nitrogen and oxygen atoms in total. The highest BCUT2D eigenvalue weighted by Crippen LogP contribution is 2.36. The van der Waals surface area contributed by atoms with E-state index in [4.69, 9.17) is 10.00 Å². The fourth-order valence-electron chi connectivity index (χ4n) is 4.38. The number of nitrogens with zero attached hydrogens (tertiary/aromatic N) is 4. The number of benzene rings is 2. The molecule has 3 heterocycles. The molecule has 3 atom stereocenters. The van der Waals surface area contributed by atoms with Crippen molar-refractivity contribution in [3.05, 3.63) is 77.6 Å². The molecular weight excluding hydrogens is 432 g/mol. The zero-order chi connectivity index (χ0) is 22.6. The topological polar surface area (TPSA) is 75.9 Å². The van der Waals surface area contributed by atoms with Crippen LogP contribution in [0.2, 0.25) is 0 Å². The molecule has 3 aliphatic rings. The summed E-state index contributed by atoms with van der Waals surface area (Å²) in [5.41, 5.74) is 10.0. The van der Waals surface area contributed by atoms with Gasteiger partial charge in [0, 0.05) is 18.2 Å². The van der Waals surface area contributed by atoms with Gasteiger partial charge in [0.15, 0.2) is 5.17 Å². The maximum absolute atomic E-state index is 9.12. The van der Waals surface area contributed by atoms with Gasteiger partial charge in [-0.1, -0.05) is 49.4 Å². The number of fused-ring (bicyclic) bond motifs is 3. The number of nitrogens with one attached hydrogen (secondary N) is 2. The van der Waals surface area contributed by atoms with E-state index in [1.807, 2.05) is 24.3 Å². The van der Waals surface area contributed by atoms with E-state index in [9.17, 15) is 0 Å². The van der Waals surface area contributed by atoms with Crippen LogP contribution in [0.5, 0.6) is 5.75 Å². The Kier molecular flexibility index (Phi) is 6.42. The van der Waals surface area contributed by atoms with Crippen molar-refractivity contribution in [3.63, 3.8) is 0 Å². The van der Waals surface area contributed by atoms with Gasteiger partial charge in [0.05, 0.1) is 30.3 Å². The van der Waals surface area contributed by atoms with Crippen LogP contribution in [0.1, 0.15) is 48.9 Å². The molecule has 5 rings (SSSR count). The van der Waals surface area contributed by atoms with E-state index in [0.29, 0.717) is 5.56 Å². The number of hydrazone groups is 1. The highest BCUT2D eigenvalue weighted by atomic mass is 32.2. The van der Waals surface area contributed by atoms with Crippen molar-refractivity contribution in [3.8, 4) is 11.8 Å². The average molecular weight is 461 g/mol. The third-order valence-electron chi connectivity index (χ3n) is 6.18. The van der Waals surface area contributed by atoms with E-state index < -0.39 is 0 Å². The summed E-state index contributed by atoms with van der Waals surface area (Å²) >= 11 is 1.68. The molecule has 1 saturated heterocycles. The van der Waals surface area contributed by atoms with Crippen LogP contribution in [0.25, 0.3) is 0 Å². The number of hydrogen-bond donors (Lipinski definition) is 2. The molecule has 0 spiro atoms. The van der Waals surface area contributed by atoms with Gasteiger partial charge in [0.2, 0.25) is 0 Å². The van der Waals surface area contributed by atoms with E-state index in [2.05, 4.69) is 75.5 Å². The van der Waals surface area contributed by atoms with Crippen LogP contribution in [0.3, 0.4) is 0 Å². The van der Waals surface area contributed by atoms with Crippen molar-refractivity contribution in [2.75, 3.05) is 6.61 Å². The van der Waals surface area contributed by atoms with Gasteiger partial charge in [0.1, 0.15) is 11.9 Å². The number of unbranched alkanes of at least 4 members (excludes halogenated alkanes) is 1. The molecule has 8 heteroatoms. The second-order valence-corrected chi connectivity index (χ2v) is 9.38. The first-order valence-electron chi connectivity index (χ1n) is 11.4. The number of hydrazine groups is 1. The highest BCUT2D eigenvalue weighted by molar-refractivity contribution is 8.13. The molecule has 0 aromatic heterocycles. The second kappa shape index (κ2) is 9.77. The fourth-order valence-corrected chi connectivity index (χ4v) is 5.29. The maximum Gasteiger partial charge on any atom is 0.189 e. The Morgan fingerprint density at radius 2 is 2.09 bits per heavy atom. The van der Waals surface area contributed by atoms with Gasteiger partial charge >= 0.3 is 0 Å². The number of hydrogen-bond acceptors (Lipinski definition) is 8. The fraction of sp³-hybridized carbons (Fsp3) is 0.360. The molecular formula is C25H28N6OS. The molecule has 0 radical (unpaired) electrons. The monoisotopic (exact) mass is 460 g/mol. The van der Waals surface area contributed by atoms with Gasteiger partial charge in [0.25, 0.3) is 0 Å². The lowest BCUT2D eigenvalue weighted by Crippen LogP contribution is -2.54. The molecule has 170 valence electrons. The van der Waals surface area contributed by atoms with Crippen LogP contribution in [-0.2, 0) is 5.75 Å². The van der Waals surface area contributed by atoms with Crippen LogP contribution in [0.4, 0.5) is 0 Å². The number of amidine groups is 1. The molecule has 2 N–H and O–H groups in total. The molecule has 3 aliphatic heterocycles. The Morgan fingerprint density at radius 1 is 1.21 bits per heavy atom. The molecule has 0 amide bonds. The van der Waals surface area contributed by atoms with Crippen molar-refractivity contribution in [2.24, 2.45) is 5.10 Å². The highest BCUT2D eigenvalue weighted by Gasteiger charge is 2.44. The van der Waals surface area contributed by atoms with Crippen molar-refractivity contribution >= 4 is 16.9 Å². The van der Waals surface area contributed by atoms with Gasteiger partial charge in [-0.15, -0.1) is 0 Å². The summed E-state index contributed by atoms with van der Waals surface area (Å²) in [6.45, 7) is 2.94. The summed E-state index contributed by atoms with van der Waals surface area (Å²) in [6, 6.07) is 18.9. The van der Waals surface area contributed by atoms with Gasteiger partial charge in [-0.3, -0.25) is 5.43 Å². The quantitative estimate of drug-likeness (QED) is 0.598. The Balaban J connectivity index is 1.19. The first-order valence-corrected chi connectivity index (χ1v) is 12.4. The molecule has 1 fully saturated rings. The van der Waals surface area contributed by atoms with E-state index in [1.165, 1.54) is 5.56 Å². The van der Waals surface area contributed by atoms with Crippen LogP contribution in [0.15, 0.2) is 66.0 Å². The lowest BCUT2D eigenvalue weighted by Gasteiger charge is -2.36. The Hall–Kier alpha value is -3.15. The Labute approximate surface area is 199 Å². The van der Waals surface area contributed by atoms with E-state index >= 15 is 0 Å². The third kappa shape index (κ3) is 4.65. The zero-order valence-corrected chi connectivity index (χ0v) is 19.5. The summed E-state index contributed by atoms with van der Waals surface area (Å²) in [4.78, 5) is 2.22. The maximum atomic E-state index is 9.12. The number of nitriles is 1. The Bertz CT molecular complexity index is 1080. The van der Waals surface area contributed by atoms with Crippen LogP contribution in [0, 0.1) is 11.3 Å². The lowest BCUT2D eigenvalue weighted by atomic mass is 10.00. The van der Waals surface area contributed by atoms with Gasteiger partial charge in [-0.2, -0.15) is 10.4 Å². The van der Waals surface area contributed by atoms with Gasteiger partial charge in [-0.05, 0) is 48.2 Å². The molecule has 0 bridgehead atoms. The zero-order valence-electron chi connectivity index (χ0n) is 18.6. The molecule has 2 aromatic rings. The van der Waals surface area contributed by atoms with Crippen molar-refractivity contribution in [1.82, 2.24) is 20.8 Å². The smallest absolute Gasteiger partial charge is 0.189 e. The van der Waals surface area contributed by atoms with Crippen LogP contribution in [-0.4, -0.2) is 33.9 Å². The van der Waals surface area contributed by atoms with E-state index in [1.54, 1.807) is 11.8 Å². The molecule has 0 saturated carbocycles. The number of rotatable bonds is 7. The number of ether oxygens (including phenoxy) is 1. The molecule has 0 aliphatic carbocycles.